The van der Waals surface area contributed by atoms with Crippen LogP contribution in [0.15, 0.2) is 36.4 Å². The van der Waals surface area contributed by atoms with Crippen LogP contribution in [0.5, 0.6) is 11.5 Å². The van der Waals surface area contributed by atoms with Crippen LogP contribution in [0, 0.1) is 0 Å². The summed E-state index contributed by atoms with van der Waals surface area (Å²) < 4.78 is 10.7. The fourth-order valence-corrected chi connectivity index (χ4v) is 1.65. The molecule has 0 aliphatic rings. The van der Waals surface area contributed by atoms with E-state index in [1.807, 2.05) is 36.4 Å². The van der Waals surface area contributed by atoms with Crippen molar-refractivity contribution in [3.05, 3.63) is 36.4 Å². The molecule has 4 nitrogen and oxygen atoms in total. The SMILES string of the molecule is COc1ccc2cc(OCCNN)ccc2c1. The zero-order valence-electron chi connectivity index (χ0n) is 9.77. The molecule has 0 saturated carbocycles. The summed E-state index contributed by atoms with van der Waals surface area (Å²) in [6.07, 6.45) is 0. The maximum atomic E-state index is 5.54. The molecule has 17 heavy (non-hydrogen) atoms. The minimum atomic E-state index is 0.554. The molecule has 0 fully saturated rings. The van der Waals surface area contributed by atoms with Gasteiger partial charge in [0.05, 0.1) is 7.11 Å². The third-order valence-corrected chi connectivity index (χ3v) is 2.53. The first-order valence-corrected chi connectivity index (χ1v) is 5.47. The van der Waals surface area contributed by atoms with Crippen LogP contribution >= 0.6 is 0 Å². The van der Waals surface area contributed by atoms with Crippen molar-refractivity contribution in [1.82, 2.24) is 5.43 Å². The van der Waals surface area contributed by atoms with Crippen LogP contribution in [-0.2, 0) is 0 Å². The highest BCUT2D eigenvalue weighted by Gasteiger charge is 1.99. The average Bonchev–Trinajstić information content (AvgIpc) is 2.38. The van der Waals surface area contributed by atoms with E-state index < -0.39 is 0 Å². The van der Waals surface area contributed by atoms with Gasteiger partial charge in [0.25, 0.3) is 0 Å². The lowest BCUT2D eigenvalue weighted by Gasteiger charge is -2.07. The standard InChI is InChI=1S/C13H16N2O2/c1-16-12-4-2-11-9-13(17-7-6-15-14)5-3-10(11)8-12/h2-5,8-9,15H,6-7,14H2,1H3. The summed E-state index contributed by atoms with van der Waals surface area (Å²) >= 11 is 0. The van der Waals surface area contributed by atoms with Crippen molar-refractivity contribution in [2.24, 2.45) is 5.84 Å². The Hall–Kier alpha value is -1.78. The summed E-state index contributed by atoms with van der Waals surface area (Å²) in [6, 6.07) is 11.9. The molecule has 0 saturated heterocycles. The molecule has 4 heteroatoms. The Labute approximate surface area is 100 Å². The number of nitrogens with one attached hydrogen (secondary N) is 1. The van der Waals surface area contributed by atoms with Gasteiger partial charge in [-0.1, -0.05) is 12.1 Å². The molecule has 0 bridgehead atoms. The van der Waals surface area contributed by atoms with E-state index in [1.165, 1.54) is 0 Å². The number of methoxy groups -OCH3 is 1. The van der Waals surface area contributed by atoms with E-state index >= 15 is 0 Å². The fraction of sp³-hybridized carbons (Fsp3) is 0.231. The number of ether oxygens (including phenoxy) is 2. The number of benzene rings is 2. The molecule has 0 aliphatic heterocycles. The van der Waals surface area contributed by atoms with Gasteiger partial charge in [-0.3, -0.25) is 11.3 Å². The Morgan fingerprint density at radius 3 is 2.35 bits per heavy atom. The quantitative estimate of drug-likeness (QED) is 0.468. The number of hydrazine groups is 1. The maximum Gasteiger partial charge on any atom is 0.120 e. The van der Waals surface area contributed by atoms with Crippen LogP contribution in [0.25, 0.3) is 10.8 Å². The second kappa shape index (κ2) is 5.52. The molecule has 3 N–H and O–H groups in total. The van der Waals surface area contributed by atoms with Crippen LogP contribution in [0.3, 0.4) is 0 Å². The first kappa shape index (κ1) is 11.7. The Balaban J connectivity index is 2.19. The van der Waals surface area contributed by atoms with Crippen molar-refractivity contribution < 1.29 is 9.47 Å². The highest BCUT2D eigenvalue weighted by molar-refractivity contribution is 5.85. The zero-order chi connectivity index (χ0) is 12.1. The molecule has 2 aromatic rings. The van der Waals surface area contributed by atoms with Gasteiger partial charge in [0, 0.05) is 6.54 Å². The maximum absolute atomic E-state index is 5.54. The number of rotatable bonds is 5. The van der Waals surface area contributed by atoms with Crippen LogP contribution in [-0.4, -0.2) is 20.3 Å². The molecule has 0 radical (unpaired) electrons. The van der Waals surface area contributed by atoms with E-state index in [0.717, 1.165) is 22.3 Å². The van der Waals surface area contributed by atoms with Gasteiger partial charge in [-0.2, -0.15) is 0 Å². The van der Waals surface area contributed by atoms with Crippen molar-refractivity contribution in [3.63, 3.8) is 0 Å². The van der Waals surface area contributed by atoms with E-state index in [9.17, 15) is 0 Å². The van der Waals surface area contributed by atoms with Gasteiger partial charge < -0.3 is 9.47 Å². The first-order valence-electron chi connectivity index (χ1n) is 5.47. The molecule has 90 valence electrons. The van der Waals surface area contributed by atoms with Crippen LogP contribution in [0.1, 0.15) is 0 Å². The number of hydrogen-bond acceptors (Lipinski definition) is 4. The topological polar surface area (TPSA) is 56.5 Å². The van der Waals surface area contributed by atoms with E-state index in [4.69, 9.17) is 15.3 Å². The summed E-state index contributed by atoms with van der Waals surface area (Å²) in [5.41, 5.74) is 2.55. The molecule has 0 aliphatic carbocycles. The third-order valence-electron chi connectivity index (χ3n) is 2.53. The smallest absolute Gasteiger partial charge is 0.120 e. The second-order valence-corrected chi connectivity index (χ2v) is 3.68. The van der Waals surface area contributed by atoms with Gasteiger partial charge in [-0.25, -0.2) is 0 Å². The molecule has 2 rings (SSSR count). The van der Waals surface area contributed by atoms with E-state index in [2.05, 4.69) is 5.43 Å². The van der Waals surface area contributed by atoms with Gasteiger partial charge in [-0.15, -0.1) is 0 Å². The molecule has 0 aromatic heterocycles. The highest BCUT2D eigenvalue weighted by atomic mass is 16.5. The van der Waals surface area contributed by atoms with Crippen molar-refractivity contribution in [3.8, 4) is 11.5 Å². The Kier molecular flexibility index (Phi) is 3.80. The minimum Gasteiger partial charge on any atom is -0.497 e. The Morgan fingerprint density at radius 1 is 1.06 bits per heavy atom. The lowest BCUT2D eigenvalue weighted by molar-refractivity contribution is 0.315. The average molecular weight is 232 g/mol. The lowest BCUT2D eigenvalue weighted by Crippen LogP contribution is -2.27. The van der Waals surface area contributed by atoms with Crippen molar-refractivity contribution in [2.45, 2.75) is 0 Å². The summed E-state index contributed by atoms with van der Waals surface area (Å²) in [5.74, 6) is 6.88. The summed E-state index contributed by atoms with van der Waals surface area (Å²) in [6.45, 7) is 1.18. The summed E-state index contributed by atoms with van der Waals surface area (Å²) in [4.78, 5) is 0. The minimum absolute atomic E-state index is 0.554. The van der Waals surface area contributed by atoms with Gasteiger partial charge in [0.15, 0.2) is 0 Å². The second-order valence-electron chi connectivity index (χ2n) is 3.68. The normalized spacial score (nSPS) is 10.5. The molecule has 0 heterocycles. The van der Waals surface area contributed by atoms with Gasteiger partial charge in [-0.05, 0) is 35.0 Å². The molecular weight excluding hydrogens is 216 g/mol. The van der Waals surface area contributed by atoms with Crippen LogP contribution in [0.4, 0.5) is 0 Å². The first-order chi connectivity index (χ1) is 8.33. The van der Waals surface area contributed by atoms with E-state index in [0.29, 0.717) is 13.2 Å². The monoisotopic (exact) mass is 232 g/mol. The number of fused-ring (bicyclic) bond motifs is 1. The van der Waals surface area contributed by atoms with Crippen LogP contribution < -0.4 is 20.7 Å². The predicted octanol–water partition coefficient (Wildman–Crippen LogP) is 1.69. The molecule has 0 spiro atoms. The van der Waals surface area contributed by atoms with Crippen molar-refractivity contribution in [1.29, 1.82) is 0 Å². The third kappa shape index (κ3) is 2.87. The fourth-order valence-electron chi connectivity index (χ4n) is 1.65. The number of nitrogens with two attached hydrogens (primary N) is 1. The lowest BCUT2D eigenvalue weighted by atomic mass is 10.1. The van der Waals surface area contributed by atoms with E-state index in [-0.39, 0.29) is 0 Å². The van der Waals surface area contributed by atoms with Crippen molar-refractivity contribution in [2.75, 3.05) is 20.3 Å². The summed E-state index contributed by atoms with van der Waals surface area (Å²) in [5, 5.41) is 2.26. The predicted molar refractivity (Wildman–Crippen MR) is 68.2 cm³/mol. The van der Waals surface area contributed by atoms with Crippen LogP contribution in [0.2, 0.25) is 0 Å². The molecular formula is C13H16N2O2. The highest BCUT2D eigenvalue weighted by Crippen LogP contribution is 2.24. The molecule has 2 aromatic carbocycles. The summed E-state index contributed by atoms with van der Waals surface area (Å²) in [7, 11) is 1.67. The molecule has 0 amide bonds. The van der Waals surface area contributed by atoms with Gasteiger partial charge in [0.2, 0.25) is 0 Å². The number of hydrogen-bond donors (Lipinski definition) is 2. The Morgan fingerprint density at radius 2 is 1.71 bits per heavy atom. The molecule has 0 unspecified atom stereocenters. The van der Waals surface area contributed by atoms with Gasteiger partial charge in [0.1, 0.15) is 18.1 Å². The molecule has 0 atom stereocenters. The van der Waals surface area contributed by atoms with Crippen molar-refractivity contribution >= 4 is 10.8 Å². The van der Waals surface area contributed by atoms with E-state index in [1.54, 1.807) is 7.11 Å². The van der Waals surface area contributed by atoms with Gasteiger partial charge >= 0.3 is 0 Å². The largest absolute Gasteiger partial charge is 0.497 e. The zero-order valence-corrected chi connectivity index (χ0v) is 9.77. The Bertz CT molecular complexity index is 500.